The molecule has 7 heteroatoms. The van der Waals surface area contributed by atoms with Crippen LogP contribution in [0, 0.1) is 16.7 Å². The van der Waals surface area contributed by atoms with Crippen molar-refractivity contribution in [2.24, 2.45) is 16.7 Å². The summed E-state index contributed by atoms with van der Waals surface area (Å²) in [6, 6.07) is 5.02. The molecule has 3 fully saturated rings. The second kappa shape index (κ2) is 6.46. The fraction of sp³-hybridized carbons (Fsp3) is 0.667. The molecule has 28 heavy (non-hydrogen) atoms. The third kappa shape index (κ3) is 2.86. The van der Waals surface area contributed by atoms with E-state index in [9.17, 15) is 13.2 Å². The SMILES string of the molecule is CNc1ccc(C(=O)NC2C(C)(C)[C@@H]3CC[C@@]2(C)C3)cc1S(=O)(=O)N1CCC1. The van der Waals surface area contributed by atoms with Gasteiger partial charge in [-0.1, -0.05) is 20.8 Å². The Morgan fingerprint density at radius 1 is 1.21 bits per heavy atom. The zero-order valence-electron chi connectivity index (χ0n) is 17.2. The first-order valence-electron chi connectivity index (χ1n) is 10.2. The van der Waals surface area contributed by atoms with Gasteiger partial charge in [0.15, 0.2) is 0 Å². The molecule has 6 nitrogen and oxygen atoms in total. The van der Waals surface area contributed by atoms with Crippen molar-refractivity contribution < 1.29 is 13.2 Å². The Bertz CT molecular complexity index is 903. The third-order valence-corrected chi connectivity index (χ3v) is 9.43. The molecule has 2 N–H and O–H groups in total. The van der Waals surface area contributed by atoms with Crippen LogP contribution in [0.15, 0.2) is 23.1 Å². The van der Waals surface area contributed by atoms with Gasteiger partial charge in [-0.2, -0.15) is 4.31 Å². The number of carbonyl (C=O) groups is 1. The van der Waals surface area contributed by atoms with E-state index in [2.05, 4.69) is 31.4 Å². The third-order valence-electron chi connectivity index (χ3n) is 7.49. The fourth-order valence-electron chi connectivity index (χ4n) is 5.63. The number of rotatable bonds is 5. The number of nitrogens with zero attached hydrogens (tertiary/aromatic N) is 1. The van der Waals surface area contributed by atoms with Gasteiger partial charge in [-0.15, -0.1) is 0 Å². The Morgan fingerprint density at radius 3 is 2.46 bits per heavy atom. The van der Waals surface area contributed by atoms with E-state index in [0.717, 1.165) is 19.3 Å². The molecular weight excluding hydrogens is 374 g/mol. The Hall–Kier alpha value is -1.60. The van der Waals surface area contributed by atoms with Crippen molar-refractivity contribution in [2.45, 2.75) is 57.4 Å². The van der Waals surface area contributed by atoms with Crippen molar-refractivity contribution >= 4 is 21.6 Å². The summed E-state index contributed by atoms with van der Waals surface area (Å²) in [4.78, 5) is 13.3. The van der Waals surface area contributed by atoms with Crippen LogP contribution in [0.1, 0.15) is 56.8 Å². The molecule has 3 atom stereocenters. The van der Waals surface area contributed by atoms with Gasteiger partial charge in [-0.25, -0.2) is 8.42 Å². The normalized spacial score (nSPS) is 31.4. The molecule has 2 aliphatic carbocycles. The monoisotopic (exact) mass is 405 g/mol. The molecule has 2 saturated carbocycles. The van der Waals surface area contributed by atoms with Crippen LogP contribution in [0.2, 0.25) is 0 Å². The molecule has 154 valence electrons. The summed E-state index contributed by atoms with van der Waals surface area (Å²) in [7, 11) is -1.88. The van der Waals surface area contributed by atoms with Gasteiger partial charge in [0.25, 0.3) is 5.91 Å². The van der Waals surface area contributed by atoms with Crippen LogP contribution in [0.3, 0.4) is 0 Å². The van der Waals surface area contributed by atoms with E-state index in [-0.39, 0.29) is 27.7 Å². The van der Waals surface area contributed by atoms with Crippen molar-refractivity contribution in [3.05, 3.63) is 23.8 Å². The van der Waals surface area contributed by atoms with Crippen LogP contribution >= 0.6 is 0 Å². The number of carbonyl (C=O) groups excluding carboxylic acids is 1. The Morgan fingerprint density at radius 2 is 1.93 bits per heavy atom. The van der Waals surface area contributed by atoms with Gasteiger partial charge in [0.1, 0.15) is 4.90 Å². The number of sulfonamides is 1. The number of nitrogens with one attached hydrogen (secondary N) is 2. The van der Waals surface area contributed by atoms with Crippen LogP contribution in [0.4, 0.5) is 5.69 Å². The van der Waals surface area contributed by atoms with E-state index in [0.29, 0.717) is 30.3 Å². The van der Waals surface area contributed by atoms with Crippen molar-refractivity contribution in [2.75, 3.05) is 25.5 Å². The van der Waals surface area contributed by atoms with E-state index >= 15 is 0 Å². The number of benzene rings is 1. The maximum atomic E-state index is 13.1. The Labute approximate surface area is 168 Å². The first-order valence-corrected chi connectivity index (χ1v) is 11.7. The molecule has 2 bridgehead atoms. The number of anilines is 1. The van der Waals surface area contributed by atoms with Gasteiger partial charge in [0, 0.05) is 31.7 Å². The number of amides is 1. The summed E-state index contributed by atoms with van der Waals surface area (Å²) in [6.07, 6.45) is 4.40. The van der Waals surface area contributed by atoms with Gasteiger partial charge < -0.3 is 10.6 Å². The first-order chi connectivity index (χ1) is 13.1. The highest BCUT2D eigenvalue weighted by Crippen LogP contribution is 2.62. The van der Waals surface area contributed by atoms with E-state index in [1.807, 2.05) is 0 Å². The summed E-state index contributed by atoms with van der Waals surface area (Å²) in [5.41, 5.74) is 1.11. The van der Waals surface area contributed by atoms with E-state index in [4.69, 9.17) is 0 Å². The lowest BCUT2D eigenvalue weighted by Crippen LogP contribution is -2.52. The molecule has 0 aromatic heterocycles. The maximum Gasteiger partial charge on any atom is 0.251 e. The van der Waals surface area contributed by atoms with Crippen molar-refractivity contribution in [3.63, 3.8) is 0 Å². The second-order valence-electron chi connectivity index (χ2n) is 9.54. The first kappa shape index (κ1) is 19.7. The van der Waals surface area contributed by atoms with Gasteiger partial charge in [-0.3, -0.25) is 4.79 Å². The van der Waals surface area contributed by atoms with Gasteiger partial charge >= 0.3 is 0 Å². The molecule has 1 amide bonds. The predicted octanol–water partition coefficient (Wildman–Crippen LogP) is 3.07. The quantitative estimate of drug-likeness (QED) is 0.789. The zero-order chi connectivity index (χ0) is 20.3. The molecule has 1 saturated heterocycles. The highest BCUT2D eigenvalue weighted by atomic mass is 32.2. The minimum absolute atomic E-state index is 0.0557. The van der Waals surface area contributed by atoms with E-state index in [1.54, 1.807) is 19.2 Å². The maximum absolute atomic E-state index is 13.1. The zero-order valence-corrected chi connectivity index (χ0v) is 18.0. The van der Waals surface area contributed by atoms with Crippen LogP contribution < -0.4 is 10.6 Å². The Kier molecular flexibility index (Phi) is 4.54. The summed E-state index contributed by atoms with van der Waals surface area (Å²) in [5, 5.41) is 6.21. The molecule has 4 rings (SSSR count). The van der Waals surface area contributed by atoms with Gasteiger partial charge in [0.2, 0.25) is 10.0 Å². The largest absolute Gasteiger partial charge is 0.387 e. The summed E-state index contributed by atoms with van der Waals surface area (Å²) in [6.45, 7) is 7.85. The molecule has 0 radical (unpaired) electrons. The van der Waals surface area contributed by atoms with Crippen molar-refractivity contribution in [3.8, 4) is 0 Å². The highest BCUT2D eigenvalue weighted by Gasteiger charge is 2.59. The molecule has 1 aliphatic heterocycles. The molecule has 1 unspecified atom stereocenters. The predicted molar refractivity (Wildman–Crippen MR) is 110 cm³/mol. The van der Waals surface area contributed by atoms with Crippen LogP contribution in [-0.4, -0.2) is 44.8 Å². The average Bonchev–Trinajstić information content (AvgIpc) is 3.07. The second-order valence-corrected chi connectivity index (χ2v) is 11.4. The molecular formula is C21H31N3O3S. The standard InChI is InChI=1S/C21H31N3O3S/c1-20(2)15-8-9-21(3,13-15)19(20)23-18(25)14-6-7-16(22-4)17(12-14)28(26,27)24-10-5-11-24/h6-7,12,15,19,22H,5,8-11,13H2,1-4H3,(H,23,25)/t15-,19?,21+/m1/s1. The summed E-state index contributed by atoms with van der Waals surface area (Å²) < 4.78 is 27.3. The Balaban J connectivity index is 1.63. The highest BCUT2D eigenvalue weighted by molar-refractivity contribution is 7.89. The van der Waals surface area contributed by atoms with E-state index < -0.39 is 10.0 Å². The number of hydrogen-bond donors (Lipinski definition) is 2. The summed E-state index contributed by atoms with van der Waals surface area (Å²) in [5.74, 6) is 0.450. The number of hydrogen-bond acceptors (Lipinski definition) is 4. The topological polar surface area (TPSA) is 78.5 Å². The average molecular weight is 406 g/mol. The lowest BCUT2D eigenvalue weighted by molar-refractivity contribution is 0.0737. The molecule has 1 aromatic rings. The van der Waals surface area contributed by atoms with Crippen molar-refractivity contribution in [1.29, 1.82) is 0 Å². The summed E-state index contributed by atoms with van der Waals surface area (Å²) >= 11 is 0. The fourth-order valence-corrected chi connectivity index (χ4v) is 7.37. The smallest absolute Gasteiger partial charge is 0.251 e. The van der Waals surface area contributed by atoms with Crippen LogP contribution in [0.5, 0.6) is 0 Å². The number of fused-ring (bicyclic) bond motifs is 2. The van der Waals surface area contributed by atoms with Crippen LogP contribution in [0.25, 0.3) is 0 Å². The molecule has 1 aromatic carbocycles. The molecule has 1 heterocycles. The molecule has 0 spiro atoms. The van der Waals surface area contributed by atoms with Crippen LogP contribution in [-0.2, 0) is 10.0 Å². The van der Waals surface area contributed by atoms with Gasteiger partial charge in [-0.05, 0) is 60.6 Å². The van der Waals surface area contributed by atoms with E-state index in [1.165, 1.54) is 16.8 Å². The van der Waals surface area contributed by atoms with Crippen molar-refractivity contribution in [1.82, 2.24) is 9.62 Å². The lowest BCUT2D eigenvalue weighted by Gasteiger charge is -2.43. The minimum atomic E-state index is -3.58. The minimum Gasteiger partial charge on any atom is -0.387 e. The molecule has 3 aliphatic rings. The lowest BCUT2D eigenvalue weighted by atomic mass is 9.68. The van der Waals surface area contributed by atoms with Gasteiger partial charge in [0.05, 0.1) is 5.69 Å².